The van der Waals surface area contributed by atoms with Crippen molar-refractivity contribution in [3.63, 3.8) is 0 Å². The van der Waals surface area contributed by atoms with Gasteiger partial charge in [-0.25, -0.2) is 4.98 Å². The second-order valence-electron chi connectivity index (χ2n) is 31.0. The molecule has 540 valence electrons. The molecule has 3 fully saturated rings. The first-order chi connectivity index (χ1) is 46.6. The number of oxazole rings is 1. The Kier molecular flexibility index (Phi) is 35.1. The quantitative estimate of drug-likeness (QED) is 0.0670. The minimum absolute atomic E-state index is 0.198. The van der Waals surface area contributed by atoms with Crippen LogP contribution in [0.3, 0.4) is 0 Å². The van der Waals surface area contributed by atoms with Crippen LogP contribution in [0.15, 0.2) is 175 Å². The van der Waals surface area contributed by atoms with Crippen molar-refractivity contribution in [2.45, 2.75) is 260 Å². The van der Waals surface area contributed by atoms with Crippen molar-refractivity contribution >= 4 is 11.6 Å². The van der Waals surface area contributed by atoms with Crippen molar-refractivity contribution < 1.29 is 34.3 Å². The number of aliphatic hydroxyl groups is 4. The van der Waals surface area contributed by atoms with Gasteiger partial charge in [-0.3, -0.25) is 0 Å². The van der Waals surface area contributed by atoms with E-state index in [0.29, 0.717) is 54.1 Å². The van der Waals surface area contributed by atoms with E-state index in [9.17, 15) is 20.4 Å². The van der Waals surface area contributed by atoms with Gasteiger partial charge in [0.15, 0.2) is 6.39 Å². The Bertz CT molecular complexity index is 3220. The third-order valence-electron chi connectivity index (χ3n) is 21.1. The Morgan fingerprint density at radius 3 is 1.46 bits per heavy atom. The summed E-state index contributed by atoms with van der Waals surface area (Å²) in [7, 11) is 1.84. The highest BCUT2D eigenvalue weighted by Crippen LogP contribution is 2.49. The first-order valence-electron chi connectivity index (χ1n) is 37.5. The molecule has 6 aromatic carbocycles. The molecule has 8 nitrogen and oxygen atoms in total. The minimum Gasteiger partial charge on any atom is -0.493 e. The van der Waals surface area contributed by atoms with Crippen molar-refractivity contribution in [1.82, 2.24) is 4.98 Å². The van der Waals surface area contributed by atoms with Crippen molar-refractivity contribution in [2.24, 2.45) is 47.3 Å². The van der Waals surface area contributed by atoms with Crippen LogP contribution < -0.4 is 4.74 Å². The number of aryl methyl sites for hydroxylation is 2. The van der Waals surface area contributed by atoms with E-state index in [4.69, 9.17) is 25.5 Å². The molecular weight excluding hydrogens is 1230 g/mol. The van der Waals surface area contributed by atoms with Crippen molar-refractivity contribution in [1.29, 1.82) is 0 Å². The van der Waals surface area contributed by atoms with Crippen LogP contribution >= 0.6 is 11.6 Å². The Morgan fingerprint density at radius 1 is 0.551 bits per heavy atom. The topological polar surface area (TPSA) is 125 Å². The smallest absolute Gasteiger partial charge is 0.180 e. The molecule has 0 radical (unpaired) electrons. The van der Waals surface area contributed by atoms with E-state index in [-0.39, 0.29) is 30.0 Å². The fourth-order valence-corrected chi connectivity index (χ4v) is 16.1. The predicted octanol–water partition coefficient (Wildman–Crippen LogP) is 23.1. The Morgan fingerprint density at radius 2 is 1.05 bits per heavy atom. The van der Waals surface area contributed by atoms with Crippen LogP contribution in [0.2, 0.25) is 5.02 Å². The normalized spacial score (nSPS) is 19.9. The Labute approximate surface area is 600 Å². The molecule has 3 aliphatic carbocycles. The van der Waals surface area contributed by atoms with Crippen molar-refractivity contribution in [3.8, 4) is 5.75 Å². The average Bonchev–Trinajstić information content (AvgIpc) is 1.05. The molecule has 0 unspecified atom stereocenters. The van der Waals surface area contributed by atoms with Gasteiger partial charge in [0.25, 0.3) is 0 Å². The molecule has 4 N–H and O–H groups in total. The lowest BCUT2D eigenvalue weighted by atomic mass is 9.65. The number of benzene rings is 6. The second kappa shape index (κ2) is 41.4. The standard InChI is InChI=1S/C15H22O.C14H16ClNO.C14H20O.C13H18O2.C12H18O.C12H18.C9H18O/c1-11(2)14(15(16)9-4-10-15)13-7-5-12(3)6-8-13;1-9(2)14(13-7-16-8-17-13)11-5-4-10(3)12(15)6-11;1-11(2)13(14(15)9-6-10-14)12-7-4-3-5-8-12;1-9(2)13-10-5-3-4-6-12(10)15-8-7-11(13)14;1-9(2)12(10(3)13)11-7-5-4-6-8-11;1-4-12(10(2)3)11-8-6-5-7-9-11;1-7(2)8-5-4-6-9(8)10-3/h5-8,11,14,16H,4,9-10H2,1-3H3;4-9,14H,1-3H3;3-5,7-8,11,13,15H,6,9-10H2,1-2H3;3-6,9,11,13-14H,7-8H2,1-2H3;4-10,12-13H,1-3H3;5-10,12H,4H2,1-3H3;7-9H,4-6H2,1-3H3/t2*14-;13-;11-,13+;10-,12+;12-;8-,9+/m0001000/s1. The molecule has 0 spiro atoms. The SMILES string of the molecule is CC(C)[C@@H](c1ccccc1)C1(O)CCC1.CC(C)[C@@H](c1ccccc1)[C@H](C)O.CC(C)[C@H]1c2ccccc2OCC[C@H]1O.CC[C@H](c1ccccc1)C(C)C.CO[C@@H]1CCC[C@H]1C(C)C.Cc1ccc([C@@H](c2cnco2)C(C)C)cc1Cl.Cc1ccc([C@H](C(C)C)C2(O)CCC2)cc1. The summed E-state index contributed by atoms with van der Waals surface area (Å²) in [5, 5.41) is 41.6. The van der Waals surface area contributed by atoms with Gasteiger partial charge in [0, 0.05) is 53.7 Å². The molecule has 0 bridgehead atoms. The molecule has 11 rings (SSSR count). The molecule has 4 aliphatic rings. The van der Waals surface area contributed by atoms with E-state index in [2.05, 4.69) is 219 Å². The number of hydrogen-bond donors (Lipinski definition) is 4. The van der Waals surface area contributed by atoms with Crippen LogP contribution in [0.25, 0.3) is 0 Å². The van der Waals surface area contributed by atoms with Crippen LogP contribution in [-0.4, -0.2) is 68.6 Å². The second-order valence-corrected chi connectivity index (χ2v) is 31.4. The number of aromatic nitrogens is 1. The highest BCUT2D eigenvalue weighted by atomic mass is 35.5. The maximum Gasteiger partial charge on any atom is 0.180 e. The fraction of sp³-hybridized carbons (Fsp3) is 0.562. The Balaban J connectivity index is 0.000000208. The van der Waals surface area contributed by atoms with Gasteiger partial charge in [-0.05, 0) is 177 Å². The molecule has 10 atom stereocenters. The molecule has 0 saturated heterocycles. The monoisotopic (exact) mass is 1360 g/mol. The molecular formula is C89H130ClNO7. The molecule has 1 aromatic heterocycles. The highest BCUT2D eigenvalue weighted by molar-refractivity contribution is 6.31. The van der Waals surface area contributed by atoms with E-state index in [1.54, 1.807) is 6.20 Å². The van der Waals surface area contributed by atoms with E-state index >= 15 is 0 Å². The van der Waals surface area contributed by atoms with E-state index < -0.39 is 11.2 Å². The molecule has 7 aromatic rings. The number of ether oxygens (including phenoxy) is 2. The molecule has 2 heterocycles. The molecule has 98 heavy (non-hydrogen) atoms. The summed E-state index contributed by atoms with van der Waals surface area (Å²) in [6, 6.07) is 54.3. The van der Waals surface area contributed by atoms with Gasteiger partial charge < -0.3 is 34.3 Å². The van der Waals surface area contributed by atoms with Gasteiger partial charge in [-0.1, -0.05) is 273 Å². The number of halogens is 1. The predicted molar refractivity (Wildman–Crippen MR) is 413 cm³/mol. The van der Waals surface area contributed by atoms with Crippen LogP contribution in [0.1, 0.15) is 267 Å². The summed E-state index contributed by atoms with van der Waals surface area (Å²) >= 11 is 6.18. The molecule has 3 saturated carbocycles. The average molecular weight is 1360 g/mol. The minimum atomic E-state index is -0.441. The fourth-order valence-electron chi connectivity index (χ4n) is 15.9. The molecule has 0 amide bonds. The van der Waals surface area contributed by atoms with Gasteiger partial charge in [0.05, 0.1) is 42.3 Å². The lowest BCUT2D eigenvalue weighted by molar-refractivity contribution is -0.0692. The first kappa shape index (κ1) is 83.1. The summed E-state index contributed by atoms with van der Waals surface area (Å²) in [5.41, 5.74) is 9.12. The van der Waals surface area contributed by atoms with E-state index in [0.717, 1.165) is 83.4 Å². The van der Waals surface area contributed by atoms with Crippen LogP contribution in [0.5, 0.6) is 5.75 Å². The number of fused-ring (bicyclic) bond motifs is 1. The number of methoxy groups -OCH3 is 1. The number of rotatable bonds is 18. The summed E-state index contributed by atoms with van der Waals surface area (Å²) in [6.07, 6.45) is 15.4. The number of nitrogens with zero attached hydrogens (tertiary/aromatic N) is 1. The maximum absolute atomic E-state index is 10.6. The van der Waals surface area contributed by atoms with Gasteiger partial charge in [0.2, 0.25) is 0 Å². The lowest BCUT2D eigenvalue weighted by Gasteiger charge is -2.45. The van der Waals surface area contributed by atoms with Gasteiger partial charge in [0.1, 0.15) is 11.5 Å². The summed E-state index contributed by atoms with van der Waals surface area (Å²) in [4.78, 5) is 3.99. The first-order valence-corrected chi connectivity index (χ1v) is 37.9. The van der Waals surface area contributed by atoms with E-state index in [1.807, 2.05) is 75.6 Å². The van der Waals surface area contributed by atoms with Crippen molar-refractivity contribution in [3.05, 3.63) is 226 Å². The van der Waals surface area contributed by atoms with Crippen LogP contribution in [-0.2, 0) is 4.74 Å². The maximum atomic E-state index is 10.6. The number of hydrogen-bond acceptors (Lipinski definition) is 8. The summed E-state index contributed by atoms with van der Waals surface area (Å²) in [6.45, 7) is 39.8. The zero-order valence-electron chi connectivity index (χ0n) is 63.8. The number of aliphatic hydroxyl groups excluding tert-OH is 2. The largest absolute Gasteiger partial charge is 0.493 e. The lowest BCUT2D eigenvalue weighted by Crippen LogP contribution is -2.45. The summed E-state index contributed by atoms with van der Waals surface area (Å²) in [5.74, 6) is 8.50. The van der Waals surface area contributed by atoms with Crippen LogP contribution in [0.4, 0.5) is 0 Å². The zero-order chi connectivity index (χ0) is 72.3. The zero-order valence-corrected chi connectivity index (χ0v) is 64.6. The Hall–Kier alpha value is -5.58. The number of para-hydroxylation sites is 1. The van der Waals surface area contributed by atoms with Gasteiger partial charge in [-0.2, -0.15) is 0 Å². The third-order valence-corrected chi connectivity index (χ3v) is 21.6. The van der Waals surface area contributed by atoms with Gasteiger partial charge in [-0.15, -0.1) is 0 Å². The summed E-state index contributed by atoms with van der Waals surface area (Å²) < 4.78 is 16.5. The molecule has 9 heteroatoms. The molecule has 1 aliphatic heterocycles. The van der Waals surface area contributed by atoms with E-state index in [1.165, 1.54) is 78.3 Å². The van der Waals surface area contributed by atoms with Gasteiger partial charge >= 0.3 is 0 Å². The highest BCUT2D eigenvalue weighted by Gasteiger charge is 2.45. The van der Waals surface area contributed by atoms with Crippen LogP contribution in [0, 0.1) is 61.2 Å². The third kappa shape index (κ3) is 24.6. The van der Waals surface area contributed by atoms with Crippen molar-refractivity contribution in [2.75, 3.05) is 13.7 Å².